The predicted molar refractivity (Wildman–Crippen MR) is 95.6 cm³/mol. The number of nitrogens with one attached hydrogen (secondary N) is 2. The summed E-state index contributed by atoms with van der Waals surface area (Å²) in [7, 11) is 2.98. The predicted octanol–water partition coefficient (Wildman–Crippen LogP) is 2.66. The molecule has 0 spiro atoms. The molecule has 0 aromatic heterocycles. The van der Waals surface area contributed by atoms with Crippen LogP contribution in [-0.2, 0) is 0 Å². The standard InChI is InChI=1S/C18H18ClFN2O4/c1-25-14-7-6-11(10-15(14)26-2)17(23)21-8-9-22-18(24)16-12(19)4-3-5-13(16)20/h3-7,10H,8-9H2,1-2H3,(H,21,23)(H,22,24). The number of halogens is 2. The molecule has 2 amide bonds. The average Bonchev–Trinajstić information content (AvgIpc) is 2.64. The normalized spacial score (nSPS) is 10.2. The zero-order valence-electron chi connectivity index (χ0n) is 14.3. The van der Waals surface area contributed by atoms with Crippen LogP contribution in [0.5, 0.6) is 11.5 Å². The first-order chi connectivity index (χ1) is 12.5. The van der Waals surface area contributed by atoms with E-state index in [1.807, 2.05) is 0 Å². The van der Waals surface area contributed by atoms with Crippen LogP contribution in [0.3, 0.4) is 0 Å². The van der Waals surface area contributed by atoms with Gasteiger partial charge in [0.1, 0.15) is 5.82 Å². The maximum atomic E-state index is 13.7. The quantitative estimate of drug-likeness (QED) is 0.724. The highest BCUT2D eigenvalue weighted by molar-refractivity contribution is 6.33. The number of rotatable bonds is 7. The van der Waals surface area contributed by atoms with Gasteiger partial charge < -0.3 is 20.1 Å². The number of benzene rings is 2. The summed E-state index contributed by atoms with van der Waals surface area (Å²) >= 11 is 5.83. The fraction of sp³-hybridized carbons (Fsp3) is 0.222. The summed E-state index contributed by atoms with van der Waals surface area (Å²) in [5.74, 6) is -0.748. The van der Waals surface area contributed by atoms with Gasteiger partial charge in [0.2, 0.25) is 0 Å². The lowest BCUT2D eigenvalue weighted by Crippen LogP contribution is -2.35. The SMILES string of the molecule is COc1ccc(C(=O)NCCNC(=O)c2c(F)cccc2Cl)cc1OC. The molecule has 26 heavy (non-hydrogen) atoms. The third-order valence-electron chi connectivity index (χ3n) is 3.53. The Bertz CT molecular complexity index is 794. The smallest absolute Gasteiger partial charge is 0.255 e. The average molecular weight is 381 g/mol. The Labute approximate surface area is 155 Å². The van der Waals surface area contributed by atoms with Gasteiger partial charge in [-0.15, -0.1) is 0 Å². The maximum absolute atomic E-state index is 13.7. The largest absolute Gasteiger partial charge is 0.493 e. The van der Waals surface area contributed by atoms with Crippen LogP contribution in [0.1, 0.15) is 20.7 Å². The van der Waals surface area contributed by atoms with Crippen molar-refractivity contribution in [3.63, 3.8) is 0 Å². The summed E-state index contributed by atoms with van der Waals surface area (Å²) in [6, 6.07) is 8.76. The lowest BCUT2D eigenvalue weighted by Gasteiger charge is -2.11. The van der Waals surface area contributed by atoms with Gasteiger partial charge in [-0.25, -0.2) is 4.39 Å². The Kier molecular flexibility index (Phi) is 6.80. The van der Waals surface area contributed by atoms with Crippen LogP contribution in [0.4, 0.5) is 4.39 Å². The van der Waals surface area contributed by atoms with Crippen molar-refractivity contribution < 1.29 is 23.5 Å². The monoisotopic (exact) mass is 380 g/mol. The van der Waals surface area contributed by atoms with Gasteiger partial charge in [0.15, 0.2) is 11.5 Å². The molecule has 0 heterocycles. The molecular weight excluding hydrogens is 363 g/mol. The molecular formula is C18H18ClFN2O4. The Morgan fingerprint density at radius 2 is 1.65 bits per heavy atom. The van der Waals surface area contributed by atoms with E-state index in [4.69, 9.17) is 21.1 Å². The summed E-state index contributed by atoms with van der Waals surface area (Å²) in [5.41, 5.74) is 0.159. The third-order valence-corrected chi connectivity index (χ3v) is 3.85. The molecule has 2 N–H and O–H groups in total. The van der Waals surface area contributed by atoms with Crippen molar-refractivity contribution in [1.29, 1.82) is 0 Å². The van der Waals surface area contributed by atoms with Gasteiger partial charge in [0.25, 0.3) is 11.8 Å². The van der Waals surface area contributed by atoms with Crippen LogP contribution in [0.2, 0.25) is 5.02 Å². The minimum atomic E-state index is -0.704. The van der Waals surface area contributed by atoms with E-state index in [1.54, 1.807) is 18.2 Å². The summed E-state index contributed by atoms with van der Waals surface area (Å²) in [4.78, 5) is 24.1. The number of amides is 2. The Morgan fingerprint density at radius 3 is 2.27 bits per heavy atom. The van der Waals surface area contributed by atoms with Crippen molar-refractivity contribution in [2.45, 2.75) is 0 Å². The van der Waals surface area contributed by atoms with Crippen molar-refractivity contribution in [1.82, 2.24) is 10.6 Å². The third kappa shape index (κ3) is 4.64. The molecule has 0 aliphatic carbocycles. The molecule has 0 radical (unpaired) electrons. The van der Waals surface area contributed by atoms with Crippen molar-refractivity contribution >= 4 is 23.4 Å². The number of hydrogen-bond acceptors (Lipinski definition) is 4. The molecule has 138 valence electrons. The van der Waals surface area contributed by atoms with Crippen LogP contribution in [-0.4, -0.2) is 39.1 Å². The number of methoxy groups -OCH3 is 2. The molecule has 0 unspecified atom stereocenters. The molecule has 0 saturated heterocycles. The zero-order chi connectivity index (χ0) is 19.1. The minimum Gasteiger partial charge on any atom is -0.493 e. The van der Waals surface area contributed by atoms with Gasteiger partial charge >= 0.3 is 0 Å². The molecule has 8 heteroatoms. The van der Waals surface area contributed by atoms with Crippen molar-refractivity contribution in [2.24, 2.45) is 0 Å². The maximum Gasteiger partial charge on any atom is 0.255 e. The van der Waals surface area contributed by atoms with Gasteiger partial charge in [-0.3, -0.25) is 9.59 Å². The van der Waals surface area contributed by atoms with E-state index in [0.29, 0.717) is 17.1 Å². The molecule has 0 bridgehead atoms. The lowest BCUT2D eigenvalue weighted by atomic mass is 10.2. The summed E-state index contributed by atoms with van der Waals surface area (Å²) in [6.45, 7) is 0.271. The molecule has 0 aliphatic heterocycles. The second kappa shape index (κ2) is 9.05. The van der Waals surface area contributed by atoms with Crippen molar-refractivity contribution in [3.8, 4) is 11.5 Å². The van der Waals surface area contributed by atoms with Gasteiger partial charge in [-0.05, 0) is 30.3 Å². The number of carbonyl (C=O) groups excluding carboxylic acids is 2. The van der Waals surface area contributed by atoms with Gasteiger partial charge in [0, 0.05) is 18.7 Å². The minimum absolute atomic E-state index is 0.0249. The van der Waals surface area contributed by atoms with Crippen LogP contribution in [0.25, 0.3) is 0 Å². The summed E-state index contributed by atoms with van der Waals surface area (Å²) < 4.78 is 23.9. The van der Waals surface area contributed by atoms with Crippen LogP contribution >= 0.6 is 11.6 Å². The van der Waals surface area contributed by atoms with Crippen LogP contribution < -0.4 is 20.1 Å². The van der Waals surface area contributed by atoms with E-state index < -0.39 is 11.7 Å². The number of carbonyl (C=O) groups is 2. The Balaban J connectivity index is 1.88. The lowest BCUT2D eigenvalue weighted by molar-refractivity contribution is 0.0925. The topological polar surface area (TPSA) is 76.7 Å². The molecule has 0 aliphatic rings. The van der Waals surface area contributed by atoms with E-state index in [2.05, 4.69) is 10.6 Å². The molecule has 0 fully saturated rings. The molecule has 0 atom stereocenters. The van der Waals surface area contributed by atoms with Crippen molar-refractivity contribution in [3.05, 3.63) is 58.4 Å². The molecule has 2 rings (SSSR count). The second-order valence-electron chi connectivity index (χ2n) is 5.18. The number of hydrogen-bond donors (Lipinski definition) is 2. The van der Waals surface area contributed by atoms with Gasteiger partial charge in [0.05, 0.1) is 24.8 Å². The number of ether oxygens (including phenoxy) is 2. The fourth-order valence-electron chi connectivity index (χ4n) is 2.23. The van der Waals surface area contributed by atoms with Crippen LogP contribution in [0, 0.1) is 5.82 Å². The first-order valence-electron chi connectivity index (χ1n) is 7.70. The molecule has 0 saturated carbocycles. The Morgan fingerprint density at radius 1 is 1.00 bits per heavy atom. The highest BCUT2D eigenvalue weighted by atomic mass is 35.5. The van der Waals surface area contributed by atoms with Crippen LogP contribution in [0.15, 0.2) is 36.4 Å². The molecule has 6 nitrogen and oxygen atoms in total. The molecule has 2 aromatic carbocycles. The first kappa shape index (κ1) is 19.5. The van der Waals surface area contributed by atoms with Gasteiger partial charge in [-0.1, -0.05) is 17.7 Å². The molecule has 2 aromatic rings. The van der Waals surface area contributed by atoms with E-state index in [0.717, 1.165) is 6.07 Å². The van der Waals surface area contributed by atoms with E-state index in [-0.39, 0.29) is 29.6 Å². The zero-order valence-corrected chi connectivity index (χ0v) is 15.0. The Hall–Kier alpha value is -2.80. The first-order valence-corrected chi connectivity index (χ1v) is 8.08. The fourth-order valence-corrected chi connectivity index (χ4v) is 2.48. The summed E-state index contributed by atoms with van der Waals surface area (Å²) in [6.07, 6.45) is 0. The van der Waals surface area contributed by atoms with Gasteiger partial charge in [-0.2, -0.15) is 0 Å². The van der Waals surface area contributed by atoms with E-state index in [9.17, 15) is 14.0 Å². The highest BCUT2D eigenvalue weighted by Crippen LogP contribution is 2.27. The van der Waals surface area contributed by atoms with E-state index >= 15 is 0 Å². The summed E-state index contributed by atoms with van der Waals surface area (Å²) in [5, 5.41) is 5.18. The second-order valence-corrected chi connectivity index (χ2v) is 5.59. The van der Waals surface area contributed by atoms with E-state index in [1.165, 1.54) is 26.4 Å². The highest BCUT2D eigenvalue weighted by Gasteiger charge is 2.15. The van der Waals surface area contributed by atoms with Crippen molar-refractivity contribution in [2.75, 3.05) is 27.3 Å².